The topological polar surface area (TPSA) is 105 Å². The summed E-state index contributed by atoms with van der Waals surface area (Å²) in [6.45, 7) is 10.7. The largest absolute Gasteiger partial charge is 0.444 e. The van der Waals surface area contributed by atoms with Crippen molar-refractivity contribution in [1.82, 2.24) is 9.80 Å². The number of ether oxygens (including phenoxy) is 1. The summed E-state index contributed by atoms with van der Waals surface area (Å²) in [7, 11) is 0. The predicted molar refractivity (Wildman–Crippen MR) is 124 cm³/mol. The molecule has 1 aromatic rings. The average Bonchev–Trinajstić information content (AvgIpc) is 2.71. The maximum Gasteiger partial charge on any atom is 0.417 e. The van der Waals surface area contributed by atoms with E-state index in [4.69, 9.17) is 4.74 Å². The molecule has 196 valence electrons. The minimum Gasteiger partial charge on any atom is -0.444 e. The highest BCUT2D eigenvalue weighted by atomic mass is 19.4. The molecule has 0 aliphatic carbocycles. The minimum absolute atomic E-state index is 0.0811. The third kappa shape index (κ3) is 6.98. The Hall–Kier alpha value is -3.05. The first-order chi connectivity index (χ1) is 16.1. The Morgan fingerprint density at radius 1 is 1.29 bits per heavy atom. The second-order valence-corrected chi connectivity index (χ2v) is 9.73. The number of hydrogen-bond donors (Lipinski definition) is 1. The van der Waals surface area contributed by atoms with Crippen LogP contribution in [0.2, 0.25) is 0 Å². The van der Waals surface area contributed by atoms with Crippen LogP contribution in [0.15, 0.2) is 12.1 Å². The van der Waals surface area contributed by atoms with Gasteiger partial charge in [0.05, 0.1) is 22.1 Å². The van der Waals surface area contributed by atoms with Crippen LogP contribution >= 0.6 is 0 Å². The first-order valence-corrected chi connectivity index (χ1v) is 11.5. The summed E-state index contributed by atoms with van der Waals surface area (Å²) in [4.78, 5) is 39.6. The molecule has 0 radical (unpaired) electrons. The molecule has 1 N–H and O–H groups in total. The zero-order valence-corrected chi connectivity index (χ0v) is 20.9. The number of amides is 2. The number of piperidine rings is 1. The number of rotatable bonds is 6. The summed E-state index contributed by atoms with van der Waals surface area (Å²) in [5.74, 6) is -0.977. The van der Waals surface area contributed by atoms with Crippen molar-refractivity contribution < 1.29 is 32.4 Å². The molecule has 1 aliphatic rings. The fraction of sp³-hybridized carbons (Fsp3) is 0.652. The van der Waals surface area contributed by atoms with Gasteiger partial charge in [-0.25, -0.2) is 4.79 Å². The average molecular weight is 503 g/mol. The number of carbonyl (C=O) groups excluding carboxylic acids is 2. The fourth-order valence-corrected chi connectivity index (χ4v) is 4.12. The standard InChI is InChI=1S/C23H33F3N4O5/c1-7-27-18-12-17(23(24,25)26)16(11-19(18)30(33)34)20(31)29(14(2)3)15-9-8-10-28(13-15)21(32)35-22(4,5)6/h11-12,14-15,27H,7-10,13H2,1-6H3/t15-/m1/s1. The van der Waals surface area contributed by atoms with E-state index in [2.05, 4.69) is 5.32 Å². The molecule has 35 heavy (non-hydrogen) atoms. The second kappa shape index (κ2) is 10.7. The molecule has 0 saturated carbocycles. The van der Waals surface area contributed by atoms with Gasteiger partial charge in [0, 0.05) is 31.7 Å². The van der Waals surface area contributed by atoms with Crippen molar-refractivity contribution in [2.24, 2.45) is 0 Å². The summed E-state index contributed by atoms with van der Waals surface area (Å²) in [6, 6.07) is 0.186. The smallest absolute Gasteiger partial charge is 0.417 e. The van der Waals surface area contributed by atoms with E-state index in [9.17, 15) is 32.9 Å². The molecule has 0 unspecified atom stereocenters. The summed E-state index contributed by atoms with van der Waals surface area (Å²) < 4.78 is 47.3. The first kappa shape index (κ1) is 28.2. The van der Waals surface area contributed by atoms with Crippen LogP contribution in [0.4, 0.5) is 29.3 Å². The van der Waals surface area contributed by atoms with Crippen LogP contribution in [0.3, 0.4) is 0 Å². The highest BCUT2D eigenvalue weighted by molar-refractivity contribution is 5.98. The lowest BCUT2D eigenvalue weighted by atomic mass is 9.98. The van der Waals surface area contributed by atoms with Crippen molar-refractivity contribution in [2.75, 3.05) is 25.0 Å². The van der Waals surface area contributed by atoms with Crippen LogP contribution in [0.5, 0.6) is 0 Å². The second-order valence-electron chi connectivity index (χ2n) is 9.73. The van der Waals surface area contributed by atoms with Crippen LogP contribution in [0.25, 0.3) is 0 Å². The Morgan fingerprint density at radius 3 is 2.40 bits per heavy atom. The summed E-state index contributed by atoms with van der Waals surface area (Å²) in [6.07, 6.45) is -4.50. The number of nitrogens with zero attached hydrogens (tertiary/aromatic N) is 3. The van der Waals surface area contributed by atoms with Gasteiger partial charge in [-0.1, -0.05) is 0 Å². The van der Waals surface area contributed by atoms with E-state index in [1.165, 1.54) is 9.80 Å². The Kier molecular flexibility index (Phi) is 8.61. The molecule has 0 aromatic heterocycles. The molecule has 0 spiro atoms. The third-order valence-corrected chi connectivity index (χ3v) is 5.47. The van der Waals surface area contributed by atoms with E-state index in [-0.39, 0.29) is 18.8 Å². The molecule has 1 heterocycles. The van der Waals surface area contributed by atoms with E-state index in [0.29, 0.717) is 31.5 Å². The van der Waals surface area contributed by atoms with Crippen LogP contribution < -0.4 is 5.32 Å². The summed E-state index contributed by atoms with van der Waals surface area (Å²) in [5.41, 5.74) is -3.72. The van der Waals surface area contributed by atoms with Gasteiger partial charge in [-0.15, -0.1) is 0 Å². The molecule has 9 nitrogen and oxygen atoms in total. The highest BCUT2D eigenvalue weighted by Crippen LogP contribution is 2.39. The maximum atomic E-state index is 14.0. The van der Waals surface area contributed by atoms with Crippen LogP contribution in [0, 0.1) is 10.1 Å². The number of nitro benzene ring substituents is 1. The maximum absolute atomic E-state index is 14.0. The van der Waals surface area contributed by atoms with Crippen molar-refractivity contribution in [2.45, 2.75) is 78.2 Å². The molecule has 1 aromatic carbocycles. The molecule has 1 atom stereocenters. The number of nitrogens with one attached hydrogen (secondary N) is 1. The van der Waals surface area contributed by atoms with Crippen molar-refractivity contribution in [3.63, 3.8) is 0 Å². The number of likely N-dealkylation sites (tertiary alicyclic amines) is 1. The quantitative estimate of drug-likeness (QED) is 0.418. The molecule has 1 aliphatic heterocycles. The molecule has 2 rings (SSSR count). The monoisotopic (exact) mass is 502 g/mol. The first-order valence-electron chi connectivity index (χ1n) is 11.5. The number of nitro groups is 1. The number of anilines is 1. The summed E-state index contributed by atoms with van der Waals surface area (Å²) in [5, 5.41) is 14.1. The van der Waals surface area contributed by atoms with Crippen molar-refractivity contribution >= 4 is 23.4 Å². The van der Waals surface area contributed by atoms with Crippen molar-refractivity contribution in [3.8, 4) is 0 Å². The van der Waals surface area contributed by atoms with E-state index in [0.717, 1.165) is 0 Å². The molecule has 12 heteroatoms. The normalized spacial score (nSPS) is 16.7. The van der Waals surface area contributed by atoms with Crippen LogP contribution in [0.1, 0.15) is 70.3 Å². The highest BCUT2D eigenvalue weighted by Gasteiger charge is 2.41. The van der Waals surface area contributed by atoms with Gasteiger partial charge in [-0.05, 0) is 60.5 Å². The van der Waals surface area contributed by atoms with E-state index in [1.807, 2.05) is 0 Å². The van der Waals surface area contributed by atoms with E-state index < -0.39 is 57.6 Å². The van der Waals surface area contributed by atoms with Crippen LogP contribution in [-0.2, 0) is 10.9 Å². The lowest BCUT2D eigenvalue weighted by Gasteiger charge is -2.41. The lowest BCUT2D eigenvalue weighted by molar-refractivity contribution is -0.384. The van der Waals surface area contributed by atoms with Gasteiger partial charge in [-0.3, -0.25) is 14.9 Å². The van der Waals surface area contributed by atoms with Gasteiger partial charge in [0.2, 0.25) is 0 Å². The fourth-order valence-electron chi connectivity index (χ4n) is 4.12. The van der Waals surface area contributed by atoms with Crippen LogP contribution in [-0.4, -0.2) is 64.0 Å². The van der Waals surface area contributed by atoms with Gasteiger partial charge >= 0.3 is 12.3 Å². The van der Waals surface area contributed by atoms with Gasteiger partial charge in [0.1, 0.15) is 11.3 Å². The van der Waals surface area contributed by atoms with Gasteiger partial charge in [0.15, 0.2) is 0 Å². The van der Waals surface area contributed by atoms with Crippen molar-refractivity contribution in [3.05, 3.63) is 33.4 Å². The number of carbonyl (C=O) groups is 2. The predicted octanol–water partition coefficient (Wildman–Crippen LogP) is 5.30. The molecule has 0 bridgehead atoms. The zero-order valence-electron chi connectivity index (χ0n) is 20.9. The van der Waals surface area contributed by atoms with Gasteiger partial charge < -0.3 is 19.9 Å². The Balaban J connectivity index is 2.50. The molecule has 1 saturated heterocycles. The number of hydrogen-bond acceptors (Lipinski definition) is 6. The zero-order chi connectivity index (χ0) is 26.7. The van der Waals surface area contributed by atoms with E-state index >= 15 is 0 Å². The molecule has 1 fully saturated rings. The number of benzene rings is 1. The number of alkyl halides is 3. The summed E-state index contributed by atoms with van der Waals surface area (Å²) >= 11 is 0. The van der Waals surface area contributed by atoms with Gasteiger partial charge in [0.25, 0.3) is 11.6 Å². The third-order valence-electron chi connectivity index (χ3n) is 5.47. The SMILES string of the molecule is CCNc1cc(C(F)(F)F)c(C(=O)N(C(C)C)[C@@H]2CCCN(C(=O)OC(C)(C)C)C2)cc1[N+](=O)[O-]. The molecule has 2 amide bonds. The van der Waals surface area contributed by atoms with E-state index in [1.54, 1.807) is 41.5 Å². The van der Waals surface area contributed by atoms with Gasteiger partial charge in [-0.2, -0.15) is 13.2 Å². The Labute approximate surface area is 202 Å². The Bertz CT molecular complexity index is 960. The Morgan fingerprint density at radius 2 is 1.91 bits per heavy atom. The van der Waals surface area contributed by atoms with Crippen molar-refractivity contribution in [1.29, 1.82) is 0 Å². The molecular formula is C23H33F3N4O5. The number of halogens is 3. The molecular weight excluding hydrogens is 469 g/mol. The lowest BCUT2D eigenvalue weighted by Crippen LogP contribution is -2.54. The minimum atomic E-state index is -4.91.